The minimum absolute atomic E-state index is 0.0443. The predicted octanol–water partition coefficient (Wildman–Crippen LogP) is 4.25. The zero-order valence-electron chi connectivity index (χ0n) is 14.9. The van der Waals surface area contributed by atoms with E-state index in [1.54, 1.807) is 55.7 Å². The summed E-state index contributed by atoms with van der Waals surface area (Å²) in [5.74, 6) is -1.19. The van der Waals surface area contributed by atoms with Crippen molar-refractivity contribution in [3.8, 4) is 0 Å². The number of nitrogens with zero attached hydrogens (tertiary/aromatic N) is 2. The second-order valence-corrected chi connectivity index (χ2v) is 8.88. The second-order valence-electron chi connectivity index (χ2n) is 6.10. The van der Waals surface area contributed by atoms with E-state index in [-0.39, 0.29) is 22.7 Å². The quantitative estimate of drug-likeness (QED) is 0.593. The van der Waals surface area contributed by atoms with Crippen molar-refractivity contribution in [1.29, 1.82) is 0 Å². The molecule has 2 aromatic carbocycles. The highest BCUT2D eigenvalue weighted by molar-refractivity contribution is 9.10. The van der Waals surface area contributed by atoms with Gasteiger partial charge in [-0.3, -0.25) is 9.29 Å². The van der Waals surface area contributed by atoms with Crippen LogP contribution in [0.3, 0.4) is 0 Å². The highest BCUT2D eigenvalue weighted by Gasteiger charge is 2.30. The lowest BCUT2D eigenvalue weighted by Crippen LogP contribution is -2.32. The van der Waals surface area contributed by atoms with E-state index in [0.717, 1.165) is 8.78 Å². The molecule has 8 heteroatoms. The van der Waals surface area contributed by atoms with Crippen LogP contribution in [0.5, 0.6) is 0 Å². The maximum absolute atomic E-state index is 13.5. The van der Waals surface area contributed by atoms with Crippen LogP contribution in [0, 0.1) is 6.92 Å². The Kier molecular flexibility index (Phi) is 5.81. The van der Waals surface area contributed by atoms with Crippen molar-refractivity contribution in [1.82, 2.24) is 4.98 Å². The van der Waals surface area contributed by atoms with Gasteiger partial charge in [-0.25, -0.2) is 13.2 Å². The number of sulfonamides is 1. The minimum atomic E-state index is -4.03. The van der Waals surface area contributed by atoms with Crippen molar-refractivity contribution in [3.63, 3.8) is 0 Å². The minimum Gasteiger partial charge on any atom is -0.478 e. The number of halogens is 1. The molecule has 1 N–H and O–H groups in total. The molecule has 0 fully saturated rings. The average molecular weight is 461 g/mol. The number of para-hydroxylation sites is 1. The van der Waals surface area contributed by atoms with Crippen LogP contribution in [-0.4, -0.2) is 24.5 Å². The van der Waals surface area contributed by atoms with Gasteiger partial charge >= 0.3 is 5.97 Å². The van der Waals surface area contributed by atoms with Crippen LogP contribution in [0.15, 0.2) is 76.4 Å². The number of hydrogen-bond acceptors (Lipinski definition) is 4. The number of aryl methyl sites for hydroxylation is 1. The Morgan fingerprint density at radius 3 is 2.43 bits per heavy atom. The molecule has 1 heterocycles. The van der Waals surface area contributed by atoms with Gasteiger partial charge < -0.3 is 5.11 Å². The highest BCUT2D eigenvalue weighted by atomic mass is 79.9. The smallest absolute Gasteiger partial charge is 0.337 e. The molecule has 144 valence electrons. The molecule has 28 heavy (non-hydrogen) atoms. The van der Waals surface area contributed by atoms with Gasteiger partial charge in [0.15, 0.2) is 0 Å². The molecule has 3 rings (SSSR count). The van der Waals surface area contributed by atoms with Crippen LogP contribution in [0.25, 0.3) is 0 Å². The van der Waals surface area contributed by atoms with Crippen LogP contribution < -0.4 is 4.31 Å². The van der Waals surface area contributed by atoms with E-state index in [9.17, 15) is 18.3 Å². The summed E-state index contributed by atoms with van der Waals surface area (Å²) in [4.78, 5) is 15.9. The number of pyridine rings is 1. The summed E-state index contributed by atoms with van der Waals surface area (Å²) in [5, 5.41) is 9.64. The molecule has 0 amide bonds. The van der Waals surface area contributed by atoms with Gasteiger partial charge in [0, 0.05) is 16.9 Å². The summed E-state index contributed by atoms with van der Waals surface area (Å²) < 4.78 is 28.8. The number of aromatic nitrogens is 1. The molecule has 0 radical (unpaired) electrons. The van der Waals surface area contributed by atoms with E-state index in [1.165, 1.54) is 18.2 Å². The largest absolute Gasteiger partial charge is 0.478 e. The topological polar surface area (TPSA) is 87.6 Å². The molecule has 0 saturated heterocycles. The molecule has 0 aliphatic heterocycles. The SMILES string of the molecule is Cc1cccc(C(=O)O)c1N(Cc1cccnc1)S(=O)(=O)c1ccc(Br)cc1. The third-order valence-corrected chi connectivity index (χ3v) is 6.46. The van der Waals surface area contributed by atoms with Gasteiger partial charge in [0.05, 0.1) is 22.7 Å². The maximum Gasteiger partial charge on any atom is 0.337 e. The molecule has 0 unspecified atom stereocenters. The number of anilines is 1. The normalized spacial score (nSPS) is 11.2. The number of benzene rings is 2. The summed E-state index contributed by atoms with van der Waals surface area (Å²) in [6.45, 7) is 1.65. The van der Waals surface area contributed by atoms with E-state index in [1.807, 2.05) is 0 Å². The predicted molar refractivity (Wildman–Crippen MR) is 110 cm³/mol. The van der Waals surface area contributed by atoms with Crippen molar-refractivity contribution in [3.05, 3.63) is 88.2 Å². The van der Waals surface area contributed by atoms with Crippen molar-refractivity contribution in [2.24, 2.45) is 0 Å². The number of carbonyl (C=O) groups is 1. The monoisotopic (exact) mass is 460 g/mol. The molecule has 6 nitrogen and oxygen atoms in total. The Hall–Kier alpha value is -2.71. The van der Waals surface area contributed by atoms with Crippen LogP contribution >= 0.6 is 15.9 Å². The van der Waals surface area contributed by atoms with Crippen LogP contribution in [-0.2, 0) is 16.6 Å². The van der Waals surface area contributed by atoms with Crippen LogP contribution in [0.2, 0.25) is 0 Å². The Labute approximate surface area is 171 Å². The van der Waals surface area contributed by atoms with E-state index >= 15 is 0 Å². The molecule has 0 saturated carbocycles. The van der Waals surface area contributed by atoms with E-state index in [4.69, 9.17) is 0 Å². The summed E-state index contributed by atoms with van der Waals surface area (Å²) in [5.41, 5.74) is 1.25. The first kappa shape index (κ1) is 20.0. The summed E-state index contributed by atoms with van der Waals surface area (Å²) in [6.07, 6.45) is 3.15. The maximum atomic E-state index is 13.5. The first-order chi connectivity index (χ1) is 13.3. The third-order valence-electron chi connectivity index (χ3n) is 4.17. The molecule has 0 atom stereocenters. The van der Waals surface area contributed by atoms with Gasteiger partial charge in [0.2, 0.25) is 0 Å². The van der Waals surface area contributed by atoms with Gasteiger partial charge in [-0.05, 0) is 54.4 Å². The molecule has 0 bridgehead atoms. The zero-order chi connectivity index (χ0) is 20.3. The lowest BCUT2D eigenvalue weighted by Gasteiger charge is -2.27. The third kappa shape index (κ3) is 4.07. The molecule has 3 aromatic rings. The fourth-order valence-corrected chi connectivity index (χ4v) is 4.64. The summed E-state index contributed by atoms with van der Waals surface area (Å²) in [7, 11) is -4.03. The molecular formula is C20H17BrN2O4S. The summed E-state index contributed by atoms with van der Waals surface area (Å²) >= 11 is 3.30. The molecule has 0 aliphatic carbocycles. The molecular weight excluding hydrogens is 444 g/mol. The van der Waals surface area contributed by atoms with Crippen molar-refractivity contribution in [2.75, 3.05) is 4.31 Å². The average Bonchev–Trinajstić information content (AvgIpc) is 2.67. The van der Waals surface area contributed by atoms with Gasteiger partial charge in [0.25, 0.3) is 10.0 Å². The van der Waals surface area contributed by atoms with Gasteiger partial charge in [-0.1, -0.05) is 34.1 Å². The van der Waals surface area contributed by atoms with Crippen LogP contribution in [0.1, 0.15) is 21.5 Å². The Bertz CT molecular complexity index is 1100. The van der Waals surface area contributed by atoms with Gasteiger partial charge in [-0.2, -0.15) is 0 Å². The second kappa shape index (κ2) is 8.12. The first-order valence-electron chi connectivity index (χ1n) is 8.31. The van der Waals surface area contributed by atoms with Crippen molar-refractivity contribution >= 4 is 37.6 Å². The molecule has 1 aromatic heterocycles. The van der Waals surface area contributed by atoms with Gasteiger partial charge in [0.1, 0.15) is 0 Å². The number of hydrogen-bond donors (Lipinski definition) is 1. The number of rotatable bonds is 6. The zero-order valence-corrected chi connectivity index (χ0v) is 17.3. The first-order valence-corrected chi connectivity index (χ1v) is 10.5. The Morgan fingerprint density at radius 1 is 1.11 bits per heavy atom. The fraction of sp³-hybridized carbons (Fsp3) is 0.100. The lowest BCUT2D eigenvalue weighted by molar-refractivity contribution is 0.0697. The van der Waals surface area contributed by atoms with Crippen LogP contribution in [0.4, 0.5) is 5.69 Å². The Morgan fingerprint density at radius 2 is 1.82 bits per heavy atom. The number of carboxylic acids is 1. The number of carboxylic acid groups (broad SMARTS) is 1. The van der Waals surface area contributed by atoms with E-state index in [0.29, 0.717) is 11.1 Å². The van der Waals surface area contributed by atoms with Gasteiger partial charge in [-0.15, -0.1) is 0 Å². The number of aromatic carboxylic acids is 1. The fourth-order valence-electron chi connectivity index (χ4n) is 2.84. The molecule has 0 aliphatic rings. The van der Waals surface area contributed by atoms with E-state index < -0.39 is 16.0 Å². The van der Waals surface area contributed by atoms with E-state index in [2.05, 4.69) is 20.9 Å². The lowest BCUT2D eigenvalue weighted by atomic mass is 10.1. The van der Waals surface area contributed by atoms with Crippen molar-refractivity contribution in [2.45, 2.75) is 18.4 Å². The Balaban J connectivity index is 2.22. The summed E-state index contributed by atoms with van der Waals surface area (Å²) in [6, 6.07) is 14.4. The van der Waals surface area contributed by atoms with Crippen molar-refractivity contribution < 1.29 is 18.3 Å². The molecule has 0 spiro atoms. The highest BCUT2D eigenvalue weighted by Crippen LogP contribution is 2.32. The standard InChI is InChI=1S/C20H17BrN2O4S/c1-14-4-2-6-18(20(24)25)19(14)23(13-15-5-3-11-22-12-15)28(26,27)17-9-7-16(21)8-10-17/h2-12H,13H2,1H3,(H,24,25).